The van der Waals surface area contributed by atoms with Crippen molar-refractivity contribution in [3.63, 3.8) is 0 Å². The van der Waals surface area contributed by atoms with Gasteiger partial charge in [-0.05, 0) is 48.6 Å². The Morgan fingerprint density at radius 3 is 2.47 bits per heavy atom. The number of ether oxygens (including phenoxy) is 1. The van der Waals surface area contributed by atoms with Crippen LogP contribution in [0, 0.1) is 5.92 Å². The van der Waals surface area contributed by atoms with Crippen LogP contribution < -0.4 is 0 Å². The van der Waals surface area contributed by atoms with E-state index in [2.05, 4.69) is 45.2 Å². The van der Waals surface area contributed by atoms with E-state index < -0.39 is 9.84 Å². The van der Waals surface area contributed by atoms with Crippen molar-refractivity contribution in [3.05, 3.63) is 72.6 Å². The molecule has 1 saturated heterocycles. The maximum atomic E-state index is 12.5. The number of rotatable bonds is 5. The molecule has 0 spiro atoms. The molecule has 3 aromatic heterocycles. The van der Waals surface area contributed by atoms with Gasteiger partial charge in [-0.25, -0.2) is 13.1 Å². The summed E-state index contributed by atoms with van der Waals surface area (Å²) >= 11 is 0. The highest BCUT2D eigenvalue weighted by Gasteiger charge is 2.30. The zero-order valence-electron chi connectivity index (χ0n) is 20.2. The standard InChI is InChI=1S/C27H27N5O3S/c1-31-25(17-29-30-31)20-14-24-26(28-16-20)22-9-8-21(36(2,33)34)15-23(22)32(24)27(18-6-4-3-5-7-18)19-10-12-35-13-11-19/h3-9,14-17,19,27H,10-13H2,1-2H3. The van der Waals surface area contributed by atoms with Crippen molar-refractivity contribution in [1.82, 2.24) is 24.5 Å². The van der Waals surface area contributed by atoms with E-state index in [4.69, 9.17) is 9.72 Å². The minimum absolute atomic E-state index is 0.00776. The van der Waals surface area contributed by atoms with Crippen molar-refractivity contribution in [3.8, 4) is 11.3 Å². The second kappa shape index (κ2) is 8.83. The summed E-state index contributed by atoms with van der Waals surface area (Å²) in [5, 5.41) is 9.05. The summed E-state index contributed by atoms with van der Waals surface area (Å²) < 4.78 is 34.8. The largest absolute Gasteiger partial charge is 0.381 e. The SMILES string of the molecule is Cn1nncc1-c1cnc2c3ccc(S(C)(=O)=O)cc3n(C(c3ccccc3)C3CCOCC3)c2c1. The zero-order chi connectivity index (χ0) is 24.9. The van der Waals surface area contributed by atoms with E-state index in [1.54, 1.807) is 23.0 Å². The molecular weight excluding hydrogens is 474 g/mol. The van der Waals surface area contributed by atoms with Gasteiger partial charge in [0.05, 0.1) is 39.4 Å². The average molecular weight is 502 g/mol. The van der Waals surface area contributed by atoms with Crippen LogP contribution in [0.15, 0.2) is 71.9 Å². The molecule has 1 fully saturated rings. The lowest BCUT2D eigenvalue weighted by molar-refractivity contribution is 0.0553. The quantitative estimate of drug-likeness (QED) is 0.354. The maximum Gasteiger partial charge on any atom is 0.175 e. The Morgan fingerprint density at radius 1 is 1.00 bits per heavy atom. The van der Waals surface area contributed by atoms with E-state index in [-0.39, 0.29) is 6.04 Å². The van der Waals surface area contributed by atoms with Gasteiger partial charge in [0.1, 0.15) is 0 Å². The first-order valence-electron chi connectivity index (χ1n) is 12.0. The van der Waals surface area contributed by atoms with Crippen LogP contribution >= 0.6 is 0 Å². The lowest BCUT2D eigenvalue weighted by atomic mass is 9.86. The molecule has 0 amide bonds. The average Bonchev–Trinajstić information content (AvgIpc) is 3.46. The minimum atomic E-state index is -3.39. The van der Waals surface area contributed by atoms with Gasteiger partial charge < -0.3 is 9.30 Å². The Hall–Kier alpha value is -3.56. The summed E-state index contributed by atoms with van der Waals surface area (Å²) in [7, 11) is -1.53. The summed E-state index contributed by atoms with van der Waals surface area (Å²) in [4.78, 5) is 5.18. The highest BCUT2D eigenvalue weighted by molar-refractivity contribution is 7.90. The second-order valence-electron chi connectivity index (χ2n) is 9.46. The lowest BCUT2D eigenvalue weighted by Gasteiger charge is -2.33. The number of pyridine rings is 1. The third-order valence-corrected chi connectivity index (χ3v) is 8.29. The number of nitrogens with zero attached hydrogens (tertiary/aromatic N) is 5. The smallest absolute Gasteiger partial charge is 0.175 e. The van der Waals surface area contributed by atoms with Gasteiger partial charge in [-0.1, -0.05) is 35.5 Å². The number of sulfone groups is 1. The van der Waals surface area contributed by atoms with Crippen molar-refractivity contribution in [2.45, 2.75) is 23.8 Å². The Kier molecular flexibility index (Phi) is 5.61. The van der Waals surface area contributed by atoms with Crippen LogP contribution in [-0.4, -0.2) is 52.4 Å². The number of hydrogen-bond acceptors (Lipinski definition) is 6. The monoisotopic (exact) mass is 501 g/mol. The predicted molar refractivity (Wildman–Crippen MR) is 138 cm³/mol. The first-order valence-corrected chi connectivity index (χ1v) is 13.9. The molecule has 1 aliphatic rings. The normalized spacial score (nSPS) is 16.1. The third kappa shape index (κ3) is 3.88. The number of hydrogen-bond donors (Lipinski definition) is 0. The highest BCUT2D eigenvalue weighted by Crippen LogP contribution is 2.41. The van der Waals surface area contributed by atoms with Gasteiger partial charge in [0.25, 0.3) is 0 Å². The van der Waals surface area contributed by atoms with Crippen LogP contribution in [0.3, 0.4) is 0 Å². The molecule has 1 aliphatic heterocycles. The second-order valence-corrected chi connectivity index (χ2v) is 11.5. The summed E-state index contributed by atoms with van der Waals surface area (Å²) in [6.07, 6.45) is 6.66. The Labute approximate surface area is 209 Å². The Morgan fingerprint density at radius 2 is 1.78 bits per heavy atom. The van der Waals surface area contributed by atoms with Crippen LogP contribution in [0.1, 0.15) is 24.4 Å². The molecule has 9 heteroatoms. The first-order chi connectivity index (χ1) is 17.4. The van der Waals surface area contributed by atoms with E-state index >= 15 is 0 Å². The molecule has 0 aliphatic carbocycles. The van der Waals surface area contributed by atoms with E-state index in [9.17, 15) is 8.42 Å². The number of benzene rings is 2. The minimum Gasteiger partial charge on any atom is -0.381 e. The van der Waals surface area contributed by atoms with Gasteiger partial charge in [0.2, 0.25) is 0 Å². The lowest BCUT2D eigenvalue weighted by Crippen LogP contribution is -2.27. The van der Waals surface area contributed by atoms with Crippen LogP contribution in [0.4, 0.5) is 0 Å². The molecule has 0 saturated carbocycles. The van der Waals surface area contributed by atoms with Crippen LogP contribution in [0.25, 0.3) is 33.2 Å². The van der Waals surface area contributed by atoms with Crippen LogP contribution in [0.5, 0.6) is 0 Å². The zero-order valence-corrected chi connectivity index (χ0v) is 21.0. The highest BCUT2D eigenvalue weighted by atomic mass is 32.2. The summed E-state index contributed by atoms with van der Waals surface area (Å²) in [5.41, 5.74) is 5.61. The van der Waals surface area contributed by atoms with Crippen molar-refractivity contribution in [2.75, 3.05) is 19.5 Å². The van der Waals surface area contributed by atoms with Crippen molar-refractivity contribution >= 4 is 31.8 Å². The topological polar surface area (TPSA) is 91.9 Å². The van der Waals surface area contributed by atoms with Gasteiger partial charge in [-0.2, -0.15) is 0 Å². The molecule has 1 unspecified atom stereocenters. The molecule has 1 atom stereocenters. The predicted octanol–water partition coefficient (Wildman–Crippen LogP) is 4.40. The molecule has 0 N–H and O–H groups in total. The fourth-order valence-corrected chi connectivity index (χ4v) is 6.06. The van der Waals surface area contributed by atoms with Gasteiger partial charge >= 0.3 is 0 Å². The van der Waals surface area contributed by atoms with Crippen molar-refractivity contribution in [1.29, 1.82) is 0 Å². The van der Waals surface area contributed by atoms with Crippen LogP contribution in [0.2, 0.25) is 0 Å². The van der Waals surface area contributed by atoms with Crippen LogP contribution in [-0.2, 0) is 21.6 Å². The summed E-state index contributed by atoms with van der Waals surface area (Å²) in [5.74, 6) is 0.323. The number of aryl methyl sites for hydroxylation is 1. The molecule has 2 aromatic carbocycles. The van der Waals surface area contributed by atoms with Crippen molar-refractivity contribution < 1.29 is 13.2 Å². The molecule has 4 heterocycles. The summed E-state index contributed by atoms with van der Waals surface area (Å²) in [6, 6.07) is 17.9. The van der Waals surface area contributed by atoms with Gasteiger partial charge in [0.15, 0.2) is 9.84 Å². The molecule has 0 radical (unpaired) electrons. The van der Waals surface area contributed by atoms with E-state index in [0.717, 1.165) is 46.0 Å². The molecule has 8 nitrogen and oxygen atoms in total. The van der Waals surface area contributed by atoms with Gasteiger partial charge in [-0.15, -0.1) is 5.10 Å². The van der Waals surface area contributed by atoms with Gasteiger partial charge in [0, 0.05) is 43.7 Å². The van der Waals surface area contributed by atoms with E-state index in [1.807, 2.05) is 25.4 Å². The fourth-order valence-electron chi connectivity index (χ4n) is 5.42. The fraction of sp³-hybridized carbons (Fsp3) is 0.296. The molecular formula is C27H27N5O3S. The molecule has 0 bridgehead atoms. The number of fused-ring (bicyclic) bond motifs is 3. The third-order valence-electron chi connectivity index (χ3n) is 7.18. The maximum absolute atomic E-state index is 12.5. The number of aromatic nitrogens is 5. The van der Waals surface area contributed by atoms with Crippen molar-refractivity contribution in [2.24, 2.45) is 13.0 Å². The Balaban J connectivity index is 1.70. The molecule has 36 heavy (non-hydrogen) atoms. The van der Waals surface area contributed by atoms with E-state index in [0.29, 0.717) is 24.0 Å². The molecule has 5 aromatic rings. The summed E-state index contributed by atoms with van der Waals surface area (Å²) in [6.45, 7) is 1.42. The molecule has 184 valence electrons. The van der Waals surface area contributed by atoms with Gasteiger partial charge in [-0.3, -0.25) is 4.98 Å². The molecule has 6 rings (SSSR count). The van der Waals surface area contributed by atoms with E-state index in [1.165, 1.54) is 11.8 Å². The Bertz CT molecular complexity index is 1670. The first kappa shape index (κ1) is 22.9.